The first-order valence-electron chi connectivity index (χ1n) is 18.9. The van der Waals surface area contributed by atoms with Gasteiger partial charge in [-0.1, -0.05) is 60.7 Å². The first-order valence-corrected chi connectivity index (χ1v) is 19.6. The summed E-state index contributed by atoms with van der Waals surface area (Å²) in [6.07, 6.45) is 1.93. The number of nitrogens with zero attached hydrogens (tertiary/aromatic N) is 2. The number of alkyl halides is 2. The van der Waals surface area contributed by atoms with Crippen LogP contribution in [0.15, 0.2) is 67.3 Å². The maximum atomic E-state index is 14.6. The van der Waals surface area contributed by atoms with Crippen LogP contribution in [0.2, 0.25) is 0 Å². The Morgan fingerprint density at radius 1 is 0.947 bits per heavy atom. The maximum Gasteiger partial charge on any atom is 0.408 e. The second kappa shape index (κ2) is 17.7. The number of alkyl carbamates (subject to hydrolysis) is 1. The van der Waals surface area contributed by atoms with Crippen LogP contribution in [0.3, 0.4) is 0 Å². The molecule has 6 atom stereocenters. The van der Waals surface area contributed by atoms with E-state index in [1.54, 1.807) is 65.2 Å². The van der Waals surface area contributed by atoms with Gasteiger partial charge in [0, 0.05) is 32.5 Å². The molecule has 1 aliphatic heterocycles. The van der Waals surface area contributed by atoms with Gasteiger partial charge in [0.15, 0.2) is 0 Å². The van der Waals surface area contributed by atoms with Gasteiger partial charge in [0.25, 0.3) is 5.91 Å². The van der Waals surface area contributed by atoms with Crippen LogP contribution in [0.25, 0.3) is 0 Å². The highest BCUT2D eigenvalue weighted by Crippen LogP contribution is 2.65. The maximum absolute atomic E-state index is 14.6. The van der Waals surface area contributed by atoms with Gasteiger partial charge in [-0.3, -0.25) is 28.8 Å². The summed E-state index contributed by atoms with van der Waals surface area (Å²) in [6.45, 7) is 8.18. The minimum Gasteiger partial charge on any atom is -0.444 e. The van der Waals surface area contributed by atoms with Gasteiger partial charge in [0.05, 0.1) is 12.6 Å². The molecule has 0 bridgehead atoms. The number of halogens is 2. The molecule has 16 heteroatoms. The Kier molecular flexibility index (Phi) is 13.4. The fourth-order valence-corrected chi connectivity index (χ4v) is 8.40. The number of allylic oxidation sites excluding steroid dienone is 1. The molecule has 2 fully saturated rings. The van der Waals surface area contributed by atoms with Crippen LogP contribution in [0, 0.1) is 17.8 Å². The molecule has 1 saturated heterocycles. The molecule has 0 aromatic heterocycles. The standard InChI is InChI=1S/C41H50Cl2N6O8/c1-7-8-18-28(34(51)36(53)44-21-29(50)46-31(37(54)48(5)6)23-14-10-9-11-15-23)45-35(52)33-30-27(41(30,42)43)22-49(33)38(55)32(47-39(56)57-40(2,3)4)26-19-24-16-12-13-17-25(24)20-26/h7,9-17,26-28,30-33H,1,8,18-22H2,2-6H3,(H,44,53)(H,45,52)(H,46,50)(H,47,56)/t27-,28?,30-,31?,32?,33-/m0/s1. The molecule has 4 N–H and O–H groups in total. The van der Waals surface area contributed by atoms with Crippen molar-refractivity contribution < 1.29 is 38.3 Å². The van der Waals surface area contributed by atoms with E-state index in [0.717, 1.165) is 11.1 Å². The molecule has 5 rings (SSSR count). The van der Waals surface area contributed by atoms with Crippen LogP contribution in [-0.4, -0.2) is 106 Å². The molecule has 3 unspecified atom stereocenters. The third kappa shape index (κ3) is 10.1. The van der Waals surface area contributed by atoms with Crippen molar-refractivity contribution in [2.45, 2.75) is 80.6 Å². The number of nitrogens with one attached hydrogen (secondary N) is 4. The number of benzene rings is 2. The Labute approximate surface area is 342 Å². The summed E-state index contributed by atoms with van der Waals surface area (Å²) in [5, 5.41) is 10.3. The van der Waals surface area contributed by atoms with Crippen LogP contribution in [0.1, 0.15) is 56.3 Å². The number of Topliss-reactive ketones (excluding diaryl/α,β-unsaturated/α-hetero) is 1. The zero-order chi connectivity index (χ0) is 41.8. The lowest BCUT2D eigenvalue weighted by atomic mass is 9.94. The Morgan fingerprint density at radius 3 is 2.14 bits per heavy atom. The van der Waals surface area contributed by atoms with E-state index in [-0.39, 0.29) is 25.3 Å². The largest absolute Gasteiger partial charge is 0.444 e. The van der Waals surface area contributed by atoms with E-state index in [1.807, 2.05) is 24.3 Å². The predicted molar refractivity (Wildman–Crippen MR) is 213 cm³/mol. The van der Waals surface area contributed by atoms with E-state index in [4.69, 9.17) is 27.9 Å². The van der Waals surface area contributed by atoms with E-state index >= 15 is 0 Å². The molecule has 0 radical (unpaired) electrons. The lowest BCUT2D eigenvalue weighted by Gasteiger charge is -2.35. The van der Waals surface area contributed by atoms with E-state index in [9.17, 15) is 33.6 Å². The summed E-state index contributed by atoms with van der Waals surface area (Å²) in [4.78, 5) is 97.1. The molecule has 6 amide bonds. The smallest absolute Gasteiger partial charge is 0.408 e. The van der Waals surface area contributed by atoms with Gasteiger partial charge in [-0.25, -0.2) is 4.79 Å². The molecule has 0 spiro atoms. The van der Waals surface area contributed by atoms with Crippen molar-refractivity contribution in [3.05, 3.63) is 83.9 Å². The highest BCUT2D eigenvalue weighted by atomic mass is 35.5. The number of fused-ring (bicyclic) bond motifs is 2. The number of carbonyl (C=O) groups is 7. The van der Waals surface area contributed by atoms with Gasteiger partial charge in [0.1, 0.15) is 28.1 Å². The molecule has 3 aliphatic rings. The number of ether oxygens (including phenoxy) is 1. The summed E-state index contributed by atoms with van der Waals surface area (Å²) in [6, 6.07) is 11.6. The summed E-state index contributed by atoms with van der Waals surface area (Å²) < 4.78 is 4.19. The quantitative estimate of drug-likeness (QED) is 0.120. The predicted octanol–water partition coefficient (Wildman–Crippen LogP) is 3.01. The first-order chi connectivity index (χ1) is 26.8. The number of piperidine rings is 1. The summed E-state index contributed by atoms with van der Waals surface area (Å²) >= 11 is 13.2. The minimum atomic E-state index is -1.37. The van der Waals surface area contributed by atoms with Gasteiger partial charge in [-0.2, -0.15) is 0 Å². The fourth-order valence-electron chi connectivity index (χ4n) is 7.58. The number of rotatable bonds is 15. The number of likely N-dealkylation sites (N-methyl/N-ethyl adjacent to an activating group) is 1. The highest BCUT2D eigenvalue weighted by molar-refractivity contribution is 6.51. The minimum absolute atomic E-state index is 0.0158. The Hall–Kier alpha value is -4.95. The van der Waals surface area contributed by atoms with Gasteiger partial charge in [-0.15, -0.1) is 29.8 Å². The molecule has 2 aliphatic carbocycles. The van der Waals surface area contributed by atoms with Gasteiger partial charge >= 0.3 is 6.09 Å². The molecule has 1 heterocycles. The van der Waals surface area contributed by atoms with E-state index < -0.39 is 93.9 Å². The molecular weight excluding hydrogens is 775 g/mol. The van der Waals surface area contributed by atoms with Crippen LogP contribution >= 0.6 is 23.2 Å². The van der Waals surface area contributed by atoms with Crippen molar-refractivity contribution >= 4 is 64.6 Å². The second-order valence-electron chi connectivity index (χ2n) is 15.9. The SMILES string of the molecule is C=CCCC(NC(=O)[C@@H]1[C@@H]2[C@H](CN1C(=O)C(NC(=O)OC(C)(C)C)C1Cc3ccccc3C1)C2(Cl)Cl)C(=O)C(=O)NCC(=O)NC(C(=O)N(C)C)c1ccccc1. The number of hydrogen-bond donors (Lipinski definition) is 4. The van der Waals surface area contributed by atoms with Crippen molar-refractivity contribution in [3.8, 4) is 0 Å². The average molecular weight is 826 g/mol. The van der Waals surface area contributed by atoms with Crippen LogP contribution in [0.5, 0.6) is 0 Å². The molecule has 14 nitrogen and oxygen atoms in total. The lowest BCUT2D eigenvalue weighted by Crippen LogP contribution is -2.60. The van der Waals surface area contributed by atoms with E-state index in [1.165, 1.54) is 15.9 Å². The Balaban J connectivity index is 1.30. The molecular formula is C41H50Cl2N6O8. The Bertz CT molecular complexity index is 1880. The summed E-state index contributed by atoms with van der Waals surface area (Å²) in [5.74, 6) is -6.13. The molecule has 1 saturated carbocycles. The lowest BCUT2D eigenvalue weighted by molar-refractivity contribution is -0.144. The van der Waals surface area contributed by atoms with E-state index in [0.29, 0.717) is 18.4 Å². The van der Waals surface area contributed by atoms with E-state index in [2.05, 4.69) is 27.8 Å². The fraction of sp³-hybridized carbons (Fsp3) is 0.488. The molecule has 306 valence electrons. The third-order valence-electron chi connectivity index (χ3n) is 10.4. The number of likely N-dealkylation sites (tertiary alicyclic amines) is 1. The highest BCUT2D eigenvalue weighted by Gasteiger charge is 2.74. The van der Waals surface area contributed by atoms with Crippen molar-refractivity contribution in [3.63, 3.8) is 0 Å². The molecule has 2 aromatic rings. The van der Waals surface area contributed by atoms with Gasteiger partial charge in [0.2, 0.25) is 29.4 Å². The monoisotopic (exact) mass is 824 g/mol. The van der Waals surface area contributed by atoms with Crippen molar-refractivity contribution in [1.29, 1.82) is 0 Å². The van der Waals surface area contributed by atoms with Crippen LogP contribution < -0.4 is 21.3 Å². The zero-order valence-electron chi connectivity index (χ0n) is 32.7. The van der Waals surface area contributed by atoms with Gasteiger partial charge < -0.3 is 35.8 Å². The van der Waals surface area contributed by atoms with Crippen molar-refractivity contribution in [2.24, 2.45) is 17.8 Å². The third-order valence-corrected chi connectivity index (χ3v) is 11.5. The molecule has 2 aromatic carbocycles. The van der Waals surface area contributed by atoms with Crippen molar-refractivity contribution in [2.75, 3.05) is 27.2 Å². The normalized spacial score (nSPS) is 20.8. The first kappa shape index (κ1) is 43.2. The number of hydrogen-bond acceptors (Lipinski definition) is 8. The summed E-state index contributed by atoms with van der Waals surface area (Å²) in [5.41, 5.74) is 1.77. The topological polar surface area (TPSA) is 183 Å². The van der Waals surface area contributed by atoms with Crippen molar-refractivity contribution in [1.82, 2.24) is 31.1 Å². The van der Waals surface area contributed by atoms with Gasteiger partial charge in [-0.05, 0) is 69.1 Å². The number of ketones is 1. The second-order valence-corrected chi connectivity index (χ2v) is 17.4. The average Bonchev–Trinajstić information content (AvgIpc) is 3.51. The number of amides is 6. The van der Waals surface area contributed by atoms with Crippen LogP contribution in [-0.2, 0) is 46.3 Å². The Morgan fingerprint density at radius 2 is 1.56 bits per heavy atom. The zero-order valence-corrected chi connectivity index (χ0v) is 34.2. The summed E-state index contributed by atoms with van der Waals surface area (Å²) in [7, 11) is 3.09. The van der Waals surface area contributed by atoms with Crippen LogP contribution in [0.4, 0.5) is 4.79 Å². The molecule has 57 heavy (non-hydrogen) atoms. The number of carbonyl (C=O) groups excluding carboxylic acids is 7.